The lowest BCUT2D eigenvalue weighted by Crippen LogP contribution is -2.00. The van der Waals surface area contributed by atoms with Crippen LogP contribution in [0, 0.1) is 0 Å². The summed E-state index contributed by atoms with van der Waals surface area (Å²) in [5, 5.41) is 13.1. The van der Waals surface area contributed by atoms with Crippen molar-refractivity contribution in [2.75, 3.05) is 0 Å². The average molecular weight is 845 g/mol. The van der Waals surface area contributed by atoms with Gasteiger partial charge in [0.1, 0.15) is 33.5 Å². The first-order valence-electron chi connectivity index (χ1n) is 22.1. The van der Waals surface area contributed by atoms with Crippen molar-refractivity contribution in [1.82, 2.24) is 19.5 Å². The van der Waals surface area contributed by atoms with Crippen molar-refractivity contribution in [3.63, 3.8) is 0 Å². The minimum atomic E-state index is 0.501. The highest BCUT2D eigenvalue weighted by molar-refractivity contribution is 6.23. The van der Waals surface area contributed by atoms with Crippen molar-refractivity contribution < 1.29 is 13.3 Å². The second-order valence-corrected chi connectivity index (χ2v) is 17.1. The highest BCUT2D eigenvalue weighted by atomic mass is 16.3. The summed E-state index contributed by atoms with van der Waals surface area (Å²) in [6.07, 6.45) is 0. The minimum absolute atomic E-state index is 0.501. The molecule has 0 spiro atoms. The van der Waals surface area contributed by atoms with E-state index in [1.807, 2.05) is 66.7 Å². The first-order chi connectivity index (χ1) is 32.7. The molecule has 0 N–H and O–H groups in total. The maximum Gasteiger partial charge on any atom is 0.167 e. The van der Waals surface area contributed by atoms with Gasteiger partial charge in [0, 0.05) is 59.9 Å². The molecule has 15 rings (SSSR count). The van der Waals surface area contributed by atoms with Crippen LogP contribution in [0.2, 0.25) is 0 Å². The Morgan fingerprint density at radius 1 is 0.318 bits per heavy atom. The summed E-state index contributed by atoms with van der Waals surface area (Å²) in [4.78, 5) is 15.8. The van der Waals surface area contributed by atoms with E-state index in [-0.39, 0.29) is 0 Å². The summed E-state index contributed by atoms with van der Waals surface area (Å²) < 4.78 is 21.9. The van der Waals surface area contributed by atoms with Crippen LogP contribution in [0.4, 0.5) is 0 Å². The number of nitrogens with zero attached hydrogens (tertiary/aromatic N) is 4. The Kier molecular flexibility index (Phi) is 7.10. The molecule has 0 radical (unpaired) electrons. The molecule has 0 atom stereocenters. The summed E-state index contributed by atoms with van der Waals surface area (Å²) in [5.41, 5.74) is 10.5. The van der Waals surface area contributed by atoms with Crippen molar-refractivity contribution in [2.24, 2.45) is 0 Å². The summed E-state index contributed by atoms with van der Waals surface area (Å²) in [5.74, 6) is 1.56. The lowest BCUT2D eigenvalue weighted by molar-refractivity contribution is 0.668. The zero-order valence-electron chi connectivity index (χ0n) is 35.0. The lowest BCUT2D eigenvalue weighted by Gasteiger charge is -2.13. The first-order valence-corrected chi connectivity index (χ1v) is 22.1. The molecule has 5 heterocycles. The Hall–Kier alpha value is -9.07. The van der Waals surface area contributed by atoms with Gasteiger partial charge in [0.25, 0.3) is 0 Å². The Balaban J connectivity index is 0.984. The van der Waals surface area contributed by atoms with Crippen LogP contribution in [0.25, 0.3) is 149 Å². The Morgan fingerprint density at radius 2 is 0.909 bits per heavy atom. The van der Waals surface area contributed by atoms with Crippen LogP contribution in [-0.2, 0) is 0 Å². The quantitative estimate of drug-likeness (QED) is 0.175. The molecular formula is C59H32N4O3. The molecular weight excluding hydrogens is 813 g/mol. The van der Waals surface area contributed by atoms with Gasteiger partial charge in [-0.15, -0.1) is 0 Å². The molecule has 0 saturated heterocycles. The molecule has 7 nitrogen and oxygen atoms in total. The maximum atomic E-state index is 6.91. The van der Waals surface area contributed by atoms with E-state index in [4.69, 9.17) is 28.2 Å². The van der Waals surface area contributed by atoms with Crippen LogP contribution in [0.5, 0.6) is 0 Å². The van der Waals surface area contributed by atoms with Gasteiger partial charge in [-0.2, -0.15) is 0 Å². The van der Waals surface area contributed by atoms with Crippen molar-refractivity contribution in [1.29, 1.82) is 0 Å². The van der Waals surface area contributed by atoms with E-state index in [2.05, 4.69) is 132 Å². The highest BCUT2D eigenvalue weighted by Gasteiger charge is 2.23. The van der Waals surface area contributed by atoms with E-state index >= 15 is 0 Å². The van der Waals surface area contributed by atoms with Gasteiger partial charge in [-0.1, -0.05) is 109 Å². The van der Waals surface area contributed by atoms with Gasteiger partial charge in [0.2, 0.25) is 0 Å². The smallest absolute Gasteiger partial charge is 0.167 e. The van der Waals surface area contributed by atoms with Crippen LogP contribution in [-0.4, -0.2) is 19.5 Å². The van der Waals surface area contributed by atoms with Crippen LogP contribution in [0.15, 0.2) is 207 Å². The third kappa shape index (κ3) is 5.10. The fourth-order valence-electron chi connectivity index (χ4n) is 10.3. The number of hydrogen-bond donors (Lipinski definition) is 0. The highest BCUT2D eigenvalue weighted by Crippen LogP contribution is 2.43. The second kappa shape index (κ2) is 13.2. The maximum absolute atomic E-state index is 6.91. The predicted molar refractivity (Wildman–Crippen MR) is 267 cm³/mol. The number of aromatic nitrogens is 4. The van der Waals surface area contributed by atoms with Gasteiger partial charge in [-0.3, -0.25) is 0 Å². The molecule has 5 aromatic heterocycles. The number of furan rings is 3. The Bertz CT molecular complexity index is 4550. The van der Waals surface area contributed by atoms with Crippen molar-refractivity contribution >= 4 is 109 Å². The fourth-order valence-corrected chi connectivity index (χ4v) is 10.3. The Labute approximate surface area is 374 Å². The molecule has 0 unspecified atom stereocenters. The van der Waals surface area contributed by atoms with Crippen molar-refractivity contribution in [3.05, 3.63) is 194 Å². The lowest BCUT2D eigenvalue weighted by atomic mass is 9.99. The molecule has 306 valence electrons. The normalized spacial score (nSPS) is 12.2. The molecule has 7 heteroatoms. The molecule has 0 fully saturated rings. The standard InChI is InChI=1S/C59H32N4O3/c1-2-12-34-30-49-45(27-33(34)11-1)39-13-3-7-17-48(39)63(49)38-24-21-35-28-47(56-55(44(35)32-38)43-16-6-10-20-52(43)66-56)59-61-57(36-23-26-53-46(29-36)41-15-5-9-19-51(41)64-53)60-58(62-59)37-22-25-42-40-14-4-8-18-50(40)65-54(42)31-37/h1-32H. The van der Waals surface area contributed by atoms with E-state index in [1.165, 1.54) is 21.5 Å². The number of fused-ring (bicyclic) bond motifs is 15. The van der Waals surface area contributed by atoms with Gasteiger partial charge in [0.05, 0.1) is 16.6 Å². The third-order valence-electron chi connectivity index (χ3n) is 13.4. The van der Waals surface area contributed by atoms with E-state index in [0.717, 1.165) is 104 Å². The van der Waals surface area contributed by atoms with E-state index < -0.39 is 0 Å². The van der Waals surface area contributed by atoms with Crippen molar-refractivity contribution in [3.8, 4) is 39.9 Å². The predicted octanol–water partition coefficient (Wildman–Crippen LogP) is 16.0. The third-order valence-corrected chi connectivity index (χ3v) is 13.4. The number of benzene rings is 10. The molecule has 0 aliphatic carbocycles. The SMILES string of the molecule is c1ccc2cc3c(cc2c1)c1ccccc1n3-c1ccc2cc(-c3nc(-c4ccc5c(c4)oc4ccccc45)nc(-c4ccc5oc6ccccc6c5c4)n3)c3oc4ccccc4c3c2c1. The number of para-hydroxylation sites is 4. The van der Waals surface area contributed by atoms with Crippen LogP contribution in [0.1, 0.15) is 0 Å². The summed E-state index contributed by atoms with van der Waals surface area (Å²) in [6.45, 7) is 0. The molecule has 15 aromatic rings. The summed E-state index contributed by atoms with van der Waals surface area (Å²) in [7, 11) is 0. The zero-order chi connectivity index (χ0) is 43.0. The number of rotatable bonds is 4. The van der Waals surface area contributed by atoms with Gasteiger partial charge < -0.3 is 17.8 Å². The van der Waals surface area contributed by atoms with Crippen LogP contribution in [0.3, 0.4) is 0 Å². The average Bonchev–Trinajstić information content (AvgIpc) is 4.14. The number of hydrogen-bond acceptors (Lipinski definition) is 6. The minimum Gasteiger partial charge on any atom is -0.456 e. The topological polar surface area (TPSA) is 83.0 Å². The zero-order valence-corrected chi connectivity index (χ0v) is 35.0. The van der Waals surface area contributed by atoms with Crippen LogP contribution >= 0.6 is 0 Å². The van der Waals surface area contributed by atoms with Gasteiger partial charge in [-0.05, 0) is 106 Å². The van der Waals surface area contributed by atoms with Gasteiger partial charge in [0.15, 0.2) is 17.5 Å². The second-order valence-electron chi connectivity index (χ2n) is 17.1. The summed E-state index contributed by atoms with van der Waals surface area (Å²) >= 11 is 0. The largest absolute Gasteiger partial charge is 0.456 e. The molecule has 0 aliphatic rings. The van der Waals surface area contributed by atoms with Gasteiger partial charge in [-0.25, -0.2) is 15.0 Å². The van der Waals surface area contributed by atoms with Crippen molar-refractivity contribution in [2.45, 2.75) is 0 Å². The van der Waals surface area contributed by atoms with Crippen LogP contribution < -0.4 is 0 Å². The molecule has 10 aromatic carbocycles. The molecule has 0 bridgehead atoms. The molecule has 66 heavy (non-hydrogen) atoms. The van der Waals surface area contributed by atoms with E-state index in [0.29, 0.717) is 23.1 Å². The fraction of sp³-hybridized carbons (Fsp3) is 0. The first kappa shape index (κ1) is 35.4. The molecule has 0 saturated carbocycles. The molecule has 0 amide bonds. The molecule has 0 aliphatic heterocycles. The summed E-state index contributed by atoms with van der Waals surface area (Å²) in [6, 6.07) is 67.6. The van der Waals surface area contributed by atoms with E-state index in [9.17, 15) is 0 Å². The Morgan fingerprint density at radius 3 is 1.71 bits per heavy atom. The van der Waals surface area contributed by atoms with E-state index in [1.54, 1.807) is 0 Å². The van der Waals surface area contributed by atoms with Gasteiger partial charge >= 0.3 is 0 Å². The monoisotopic (exact) mass is 844 g/mol.